The van der Waals surface area contributed by atoms with Gasteiger partial charge in [-0.3, -0.25) is 0 Å². The van der Waals surface area contributed by atoms with Crippen LogP contribution < -0.4 is 0 Å². The Morgan fingerprint density at radius 3 is 0.655 bits per heavy atom. The maximum Gasteiger partial charge on any atom is -0.00199 e. The lowest BCUT2D eigenvalue weighted by Gasteiger charge is -2.20. The number of benzene rings is 23. The van der Waals surface area contributed by atoms with Crippen LogP contribution in [0.5, 0.6) is 0 Å². The van der Waals surface area contributed by atoms with Crippen LogP contribution in [-0.2, 0) is 0 Å². The van der Waals surface area contributed by atoms with Crippen molar-refractivity contribution in [3.05, 3.63) is 461 Å². The third kappa shape index (κ3) is 12.4. The van der Waals surface area contributed by atoms with E-state index in [0.29, 0.717) is 0 Å². The molecule has 0 aromatic heterocycles. The molecular weight excluding hydrogens is 1390 g/mol. The van der Waals surface area contributed by atoms with E-state index in [-0.39, 0.29) is 0 Å². The van der Waals surface area contributed by atoms with Gasteiger partial charge in [0.05, 0.1) is 0 Å². The van der Waals surface area contributed by atoms with E-state index in [1.54, 1.807) is 0 Å². The standard InChI is InChI=1S/2C40H26.C36H24/c1-2-14-28(15-3-1)39-34-20-8-10-22-36(34)40(37-23-11-9-21-35(37)39)38-26-30(25-29-16-5-7-19-32(29)38)33-24-12-17-27-13-4-6-18-31(27)33;1-2-13-28(14-3-1)39-34-18-8-10-20-36(34)40(37-21-11-9-19-35(37)39)38-26-32(25-31-16-6-7-17-33(31)38)30-23-22-27-12-4-5-15-29(27)24-30;1-3-13-25(14-4-1)28-23-27-17-7-8-18-29(27)34(24-28)36-32-21-11-9-19-30(32)35(26-15-5-2-6-16-26)31-20-10-12-22-33(31)36/h2*1-26H;1-24H. The fourth-order valence-electron chi connectivity index (χ4n) is 18.5. The monoisotopic (exact) mass is 1470 g/mol. The first kappa shape index (κ1) is 68.9. The Morgan fingerprint density at radius 2 is 0.310 bits per heavy atom. The van der Waals surface area contributed by atoms with Crippen molar-refractivity contribution in [3.63, 3.8) is 0 Å². The summed E-state index contributed by atoms with van der Waals surface area (Å²) in [6.45, 7) is 0. The molecule has 116 heavy (non-hydrogen) atoms. The van der Waals surface area contributed by atoms with Crippen molar-refractivity contribution in [2.45, 2.75) is 0 Å². The van der Waals surface area contributed by atoms with Gasteiger partial charge >= 0.3 is 0 Å². The Morgan fingerprint density at radius 1 is 0.0862 bits per heavy atom. The fraction of sp³-hybridized carbons (Fsp3) is 0. The van der Waals surface area contributed by atoms with Crippen LogP contribution >= 0.6 is 0 Å². The molecule has 23 rings (SSSR count). The molecule has 0 aliphatic heterocycles. The molecule has 0 nitrogen and oxygen atoms in total. The molecule has 0 N–H and O–H groups in total. The lowest BCUT2D eigenvalue weighted by Crippen LogP contribution is -1.92. The first-order valence-corrected chi connectivity index (χ1v) is 40.2. The van der Waals surface area contributed by atoms with Crippen molar-refractivity contribution in [3.8, 4) is 100 Å². The van der Waals surface area contributed by atoms with Crippen LogP contribution in [0.2, 0.25) is 0 Å². The van der Waals surface area contributed by atoms with Gasteiger partial charge in [0.15, 0.2) is 0 Å². The summed E-state index contributed by atoms with van der Waals surface area (Å²) in [6.07, 6.45) is 0. The number of rotatable bonds is 9. The van der Waals surface area contributed by atoms with Gasteiger partial charge in [-0.1, -0.05) is 419 Å². The zero-order valence-corrected chi connectivity index (χ0v) is 63.9. The molecule has 0 aliphatic rings. The summed E-state index contributed by atoms with van der Waals surface area (Å²) < 4.78 is 0. The molecular formula is C116H76. The van der Waals surface area contributed by atoms with Crippen molar-refractivity contribution in [1.82, 2.24) is 0 Å². The highest BCUT2D eigenvalue weighted by molar-refractivity contribution is 6.27. The van der Waals surface area contributed by atoms with Gasteiger partial charge in [-0.15, -0.1) is 0 Å². The fourth-order valence-corrected chi connectivity index (χ4v) is 18.5. The molecule has 23 aromatic rings. The largest absolute Gasteiger partial charge is 0.0622 e. The van der Waals surface area contributed by atoms with Crippen LogP contribution in [0.3, 0.4) is 0 Å². The number of hydrogen-bond donors (Lipinski definition) is 0. The zero-order valence-electron chi connectivity index (χ0n) is 63.9. The van der Waals surface area contributed by atoms with E-state index in [2.05, 4.69) is 461 Å². The van der Waals surface area contributed by atoms with Gasteiger partial charge in [-0.05, 0) is 261 Å². The lowest BCUT2D eigenvalue weighted by molar-refractivity contribution is 1.63. The summed E-state index contributed by atoms with van der Waals surface area (Å²) in [4.78, 5) is 0. The van der Waals surface area contributed by atoms with E-state index in [1.165, 1.54) is 219 Å². The Labute approximate surface area is 675 Å². The molecule has 0 bridgehead atoms. The lowest BCUT2D eigenvalue weighted by atomic mass is 9.83. The van der Waals surface area contributed by atoms with Crippen molar-refractivity contribution < 1.29 is 0 Å². The Hall–Kier alpha value is -15.1. The normalized spacial score (nSPS) is 11.4. The summed E-state index contributed by atoms with van der Waals surface area (Å²) in [5.41, 5.74) is 22.8. The minimum atomic E-state index is 1.24. The van der Waals surface area contributed by atoms with Crippen molar-refractivity contribution in [2.75, 3.05) is 0 Å². The quantitative estimate of drug-likeness (QED) is 0.126. The van der Waals surface area contributed by atoms with Crippen LogP contribution in [0.15, 0.2) is 461 Å². The second-order valence-electron chi connectivity index (χ2n) is 30.3. The average molecular weight is 1470 g/mol. The van der Waals surface area contributed by atoms with E-state index in [9.17, 15) is 0 Å². The molecule has 0 aliphatic carbocycles. The summed E-state index contributed by atoms with van der Waals surface area (Å²) >= 11 is 0. The summed E-state index contributed by atoms with van der Waals surface area (Å²) in [5.74, 6) is 0. The van der Waals surface area contributed by atoms with Gasteiger partial charge in [-0.25, -0.2) is 0 Å². The van der Waals surface area contributed by atoms with Gasteiger partial charge in [-0.2, -0.15) is 0 Å². The second-order valence-corrected chi connectivity index (χ2v) is 30.3. The Kier molecular flexibility index (Phi) is 17.7. The van der Waals surface area contributed by atoms with Gasteiger partial charge in [0, 0.05) is 0 Å². The number of hydrogen-bond acceptors (Lipinski definition) is 0. The SMILES string of the molecule is c1ccc(-c2c3ccccc3c(-c3cc(-c4ccc5ccccc5c4)cc4ccccc34)c3ccccc23)cc1.c1ccc(-c2c3ccccc3c(-c3cc(-c4cccc5ccccc45)cc4ccccc34)c3ccccc23)cc1.c1ccc(-c2cc(-c3c4ccccc4c(-c4ccccc4)c4ccccc34)c3ccccc3c2)cc1. The second kappa shape index (κ2) is 29.9. The number of fused-ring (bicyclic) bond motifs is 11. The predicted octanol–water partition coefficient (Wildman–Crippen LogP) is 32.7. The van der Waals surface area contributed by atoms with E-state index < -0.39 is 0 Å². The highest BCUT2D eigenvalue weighted by Crippen LogP contribution is 2.51. The summed E-state index contributed by atoms with van der Waals surface area (Å²) in [5, 5.41) is 28.0. The highest BCUT2D eigenvalue weighted by atomic mass is 14.3. The third-order valence-corrected chi connectivity index (χ3v) is 23.7. The maximum atomic E-state index is 2.42. The molecule has 0 radical (unpaired) electrons. The first-order valence-electron chi connectivity index (χ1n) is 40.2. The Bertz CT molecular complexity index is 7550. The summed E-state index contributed by atoms with van der Waals surface area (Å²) in [7, 11) is 0. The zero-order chi connectivity index (χ0) is 76.8. The van der Waals surface area contributed by atoms with Gasteiger partial charge in [0.1, 0.15) is 0 Å². The highest BCUT2D eigenvalue weighted by Gasteiger charge is 2.24. The van der Waals surface area contributed by atoms with Crippen LogP contribution in [0.4, 0.5) is 0 Å². The van der Waals surface area contributed by atoms with Crippen LogP contribution in [0.25, 0.3) is 219 Å². The predicted molar refractivity (Wildman–Crippen MR) is 501 cm³/mol. The van der Waals surface area contributed by atoms with Crippen LogP contribution in [0, 0.1) is 0 Å². The van der Waals surface area contributed by atoms with Crippen LogP contribution in [0.1, 0.15) is 0 Å². The minimum Gasteiger partial charge on any atom is -0.0622 e. The molecule has 23 aromatic carbocycles. The summed E-state index contributed by atoms with van der Waals surface area (Å²) in [6, 6.07) is 168. The van der Waals surface area contributed by atoms with Gasteiger partial charge < -0.3 is 0 Å². The minimum absolute atomic E-state index is 1.24. The molecule has 0 fully saturated rings. The molecule has 540 valence electrons. The van der Waals surface area contributed by atoms with Crippen molar-refractivity contribution in [1.29, 1.82) is 0 Å². The molecule has 0 amide bonds. The maximum absolute atomic E-state index is 2.42. The van der Waals surface area contributed by atoms with Crippen molar-refractivity contribution >= 4 is 118 Å². The smallest absolute Gasteiger partial charge is 0.00199 e. The van der Waals surface area contributed by atoms with E-state index in [4.69, 9.17) is 0 Å². The molecule has 0 saturated heterocycles. The van der Waals surface area contributed by atoms with E-state index in [0.717, 1.165) is 0 Å². The molecule has 0 atom stereocenters. The Balaban J connectivity index is 0.000000109. The molecule has 0 heterocycles. The van der Waals surface area contributed by atoms with E-state index in [1.807, 2.05) is 0 Å². The first-order chi connectivity index (χ1) is 57.6. The topological polar surface area (TPSA) is 0 Å². The average Bonchev–Trinajstić information content (AvgIpc) is 0.735. The van der Waals surface area contributed by atoms with Gasteiger partial charge in [0.25, 0.3) is 0 Å². The van der Waals surface area contributed by atoms with Gasteiger partial charge in [0.2, 0.25) is 0 Å². The van der Waals surface area contributed by atoms with Crippen molar-refractivity contribution in [2.24, 2.45) is 0 Å². The molecule has 0 spiro atoms. The molecule has 0 unspecified atom stereocenters. The van der Waals surface area contributed by atoms with Crippen LogP contribution in [-0.4, -0.2) is 0 Å². The molecule has 0 heteroatoms. The molecule has 0 saturated carbocycles. The third-order valence-electron chi connectivity index (χ3n) is 23.7. The van der Waals surface area contributed by atoms with E-state index >= 15 is 0 Å².